The zero-order valence-corrected chi connectivity index (χ0v) is 9.86. The van der Waals surface area contributed by atoms with E-state index in [-0.39, 0.29) is 13.2 Å². The number of likely N-dealkylation sites (N-methyl/N-ethyl adjacent to an activating group) is 1. The first kappa shape index (κ1) is 13.0. The van der Waals surface area contributed by atoms with Gasteiger partial charge in [0.25, 0.3) is 0 Å². The lowest BCUT2D eigenvalue weighted by molar-refractivity contribution is -0.160. The molecule has 0 aliphatic heterocycles. The van der Waals surface area contributed by atoms with E-state index in [1.807, 2.05) is 0 Å². The first-order valence-corrected chi connectivity index (χ1v) is 5.63. The molecule has 92 valence electrons. The minimum absolute atomic E-state index is 0.183. The number of hydrogen-bond acceptors (Lipinski definition) is 4. The largest absolute Gasteiger partial charge is 0.459 e. The Hall–Kier alpha value is -1.10. The third-order valence-corrected chi connectivity index (χ3v) is 2.86. The molecule has 0 atom stereocenters. The maximum Gasteiger partial charge on any atom is 0.397 e. The van der Waals surface area contributed by atoms with Gasteiger partial charge >= 0.3 is 11.9 Å². The quantitative estimate of drug-likeness (QED) is 0.559. The summed E-state index contributed by atoms with van der Waals surface area (Å²) >= 11 is 0. The van der Waals surface area contributed by atoms with Gasteiger partial charge in [0.2, 0.25) is 0 Å². The number of carbonyl (C=O) groups is 2. The lowest BCUT2D eigenvalue weighted by Gasteiger charge is -2.27. The van der Waals surface area contributed by atoms with Crippen LogP contribution in [0.15, 0.2) is 0 Å². The molecular formula is C11H19NO4. The van der Waals surface area contributed by atoms with Crippen molar-refractivity contribution in [2.75, 3.05) is 20.2 Å². The lowest BCUT2D eigenvalue weighted by Crippen LogP contribution is -2.44. The van der Waals surface area contributed by atoms with Crippen LogP contribution in [0.2, 0.25) is 0 Å². The fraction of sp³-hybridized carbons (Fsp3) is 0.818. The van der Waals surface area contributed by atoms with E-state index in [0.29, 0.717) is 12.8 Å². The van der Waals surface area contributed by atoms with Crippen molar-refractivity contribution in [2.24, 2.45) is 0 Å². The maximum absolute atomic E-state index is 11.5. The Morgan fingerprint density at radius 1 is 1.38 bits per heavy atom. The fourth-order valence-electron chi connectivity index (χ4n) is 2.05. The number of rotatable bonds is 3. The van der Waals surface area contributed by atoms with Crippen LogP contribution in [0.5, 0.6) is 0 Å². The number of nitrogens with zero attached hydrogens (tertiary/aromatic N) is 1. The Labute approximate surface area is 95.4 Å². The van der Waals surface area contributed by atoms with Crippen molar-refractivity contribution in [2.45, 2.75) is 38.2 Å². The molecular weight excluding hydrogens is 210 g/mol. The molecule has 0 aromatic carbocycles. The van der Waals surface area contributed by atoms with Crippen LogP contribution in [0.4, 0.5) is 0 Å². The minimum atomic E-state index is -0.855. The Bertz CT molecular complexity index is 271. The van der Waals surface area contributed by atoms with Gasteiger partial charge in [-0.2, -0.15) is 0 Å². The van der Waals surface area contributed by atoms with Gasteiger partial charge in [0.1, 0.15) is 0 Å². The molecule has 0 aromatic rings. The molecule has 0 saturated heterocycles. The van der Waals surface area contributed by atoms with Crippen LogP contribution in [-0.4, -0.2) is 47.7 Å². The van der Waals surface area contributed by atoms with Gasteiger partial charge in [-0.3, -0.25) is 4.79 Å². The van der Waals surface area contributed by atoms with E-state index in [0.717, 1.165) is 12.8 Å². The predicted octanol–water partition coefficient (Wildman–Crippen LogP) is 0.313. The van der Waals surface area contributed by atoms with E-state index in [1.54, 1.807) is 6.92 Å². The molecule has 1 amide bonds. The Morgan fingerprint density at radius 2 is 1.94 bits per heavy atom. The van der Waals surface area contributed by atoms with Crippen LogP contribution in [0, 0.1) is 0 Å². The Kier molecular flexibility index (Phi) is 4.29. The van der Waals surface area contributed by atoms with Crippen LogP contribution in [0.25, 0.3) is 0 Å². The van der Waals surface area contributed by atoms with Gasteiger partial charge in [-0.25, -0.2) is 4.79 Å². The second-order valence-electron chi connectivity index (χ2n) is 4.31. The lowest BCUT2D eigenvalue weighted by atomic mass is 10.0. The Morgan fingerprint density at radius 3 is 2.44 bits per heavy atom. The molecule has 1 saturated carbocycles. The van der Waals surface area contributed by atoms with Crippen molar-refractivity contribution >= 4 is 11.9 Å². The summed E-state index contributed by atoms with van der Waals surface area (Å²) < 4.78 is 4.61. The second-order valence-corrected chi connectivity index (χ2v) is 4.31. The van der Waals surface area contributed by atoms with Gasteiger partial charge in [-0.15, -0.1) is 0 Å². The number of hydrogen-bond donors (Lipinski definition) is 1. The summed E-state index contributed by atoms with van der Waals surface area (Å²) in [5.41, 5.74) is -0.823. The van der Waals surface area contributed by atoms with Gasteiger partial charge in [-0.1, -0.05) is 12.8 Å². The number of aliphatic hydroxyl groups is 1. The molecule has 1 rings (SSSR count). The van der Waals surface area contributed by atoms with Crippen LogP contribution in [-0.2, 0) is 14.3 Å². The summed E-state index contributed by atoms with van der Waals surface area (Å²) in [7, 11) is 1.51. The topological polar surface area (TPSA) is 66.8 Å². The highest BCUT2D eigenvalue weighted by molar-refractivity contribution is 6.32. The van der Waals surface area contributed by atoms with Gasteiger partial charge in [0.05, 0.1) is 12.2 Å². The van der Waals surface area contributed by atoms with Gasteiger partial charge in [0, 0.05) is 13.6 Å². The summed E-state index contributed by atoms with van der Waals surface area (Å²) in [5.74, 6) is -1.55. The normalized spacial score (nSPS) is 18.2. The molecule has 16 heavy (non-hydrogen) atoms. The summed E-state index contributed by atoms with van der Waals surface area (Å²) in [6.45, 7) is 2.03. The molecule has 0 unspecified atom stereocenters. The summed E-state index contributed by atoms with van der Waals surface area (Å²) in [6.07, 6.45) is 3.32. The summed E-state index contributed by atoms with van der Waals surface area (Å²) in [5, 5.41) is 10.1. The molecule has 1 N–H and O–H groups in total. The average molecular weight is 229 g/mol. The second kappa shape index (κ2) is 5.30. The predicted molar refractivity (Wildman–Crippen MR) is 57.7 cm³/mol. The zero-order valence-electron chi connectivity index (χ0n) is 9.86. The molecule has 1 fully saturated rings. The minimum Gasteiger partial charge on any atom is -0.459 e. The van der Waals surface area contributed by atoms with E-state index in [9.17, 15) is 14.7 Å². The van der Waals surface area contributed by atoms with Crippen molar-refractivity contribution in [1.29, 1.82) is 0 Å². The highest BCUT2D eigenvalue weighted by atomic mass is 16.5. The van der Waals surface area contributed by atoms with Crippen molar-refractivity contribution < 1.29 is 19.4 Å². The van der Waals surface area contributed by atoms with Crippen LogP contribution in [0.3, 0.4) is 0 Å². The monoisotopic (exact) mass is 229 g/mol. The third kappa shape index (κ3) is 3.20. The smallest absolute Gasteiger partial charge is 0.397 e. The van der Waals surface area contributed by atoms with Gasteiger partial charge < -0.3 is 14.7 Å². The standard InChI is InChI=1S/C11H19NO4/c1-3-16-10(14)9(13)12(2)8-11(15)6-4-5-7-11/h15H,3-8H2,1-2H3. The number of carbonyl (C=O) groups excluding carboxylic acids is 2. The van der Waals surface area contributed by atoms with Crippen molar-refractivity contribution in [3.05, 3.63) is 0 Å². The number of amides is 1. The molecule has 1 aliphatic carbocycles. The molecule has 0 spiro atoms. The third-order valence-electron chi connectivity index (χ3n) is 2.86. The molecule has 0 heterocycles. The van der Waals surface area contributed by atoms with Crippen LogP contribution >= 0.6 is 0 Å². The van der Waals surface area contributed by atoms with Gasteiger partial charge in [0.15, 0.2) is 0 Å². The molecule has 1 aliphatic rings. The molecule has 0 aromatic heterocycles. The summed E-state index contributed by atoms with van der Waals surface area (Å²) in [6, 6.07) is 0. The summed E-state index contributed by atoms with van der Waals surface area (Å²) in [4.78, 5) is 23.9. The number of esters is 1. The first-order valence-electron chi connectivity index (χ1n) is 5.63. The van der Waals surface area contributed by atoms with Crippen molar-refractivity contribution in [3.8, 4) is 0 Å². The molecule has 0 radical (unpaired) electrons. The zero-order chi connectivity index (χ0) is 12.2. The SMILES string of the molecule is CCOC(=O)C(=O)N(C)CC1(O)CCCC1. The molecule has 5 nitrogen and oxygen atoms in total. The van der Waals surface area contributed by atoms with E-state index in [1.165, 1.54) is 11.9 Å². The fourth-order valence-corrected chi connectivity index (χ4v) is 2.05. The highest BCUT2D eigenvalue weighted by Gasteiger charge is 2.34. The first-order chi connectivity index (χ1) is 7.48. The number of ether oxygens (including phenoxy) is 1. The van der Waals surface area contributed by atoms with Crippen molar-refractivity contribution in [3.63, 3.8) is 0 Å². The molecule has 0 bridgehead atoms. The van der Waals surface area contributed by atoms with E-state index in [2.05, 4.69) is 4.74 Å². The maximum atomic E-state index is 11.5. The molecule has 5 heteroatoms. The van der Waals surface area contributed by atoms with E-state index in [4.69, 9.17) is 0 Å². The van der Waals surface area contributed by atoms with Gasteiger partial charge in [-0.05, 0) is 19.8 Å². The van der Waals surface area contributed by atoms with Crippen LogP contribution < -0.4 is 0 Å². The van der Waals surface area contributed by atoms with Crippen molar-refractivity contribution in [1.82, 2.24) is 4.90 Å². The van der Waals surface area contributed by atoms with E-state index < -0.39 is 17.5 Å². The highest BCUT2D eigenvalue weighted by Crippen LogP contribution is 2.29. The van der Waals surface area contributed by atoms with E-state index >= 15 is 0 Å². The Balaban J connectivity index is 2.48. The van der Waals surface area contributed by atoms with Crippen LogP contribution in [0.1, 0.15) is 32.6 Å². The average Bonchev–Trinajstić information content (AvgIpc) is 2.64.